The summed E-state index contributed by atoms with van der Waals surface area (Å²) in [6.07, 6.45) is 0. The van der Waals surface area contributed by atoms with Crippen LogP contribution in [0.1, 0.15) is 11.1 Å². The van der Waals surface area contributed by atoms with Gasteiger partial charge < -0.3 is 33.7 Å². The van der Waals surface area contributed by atoms with Gasteiger partial charge in [0.15, 0.2) is 11.5 Å². The summed E-state index contributed by atoms with van der Waals surface area (Å²) >= 11 is 0. The van der Waals surface area contributed by atoms with Crippen LogP contribution in [0.25, 0.3) is 32.3 Å². The van der Waals surface area contributed by atoms with Crippen LogP contribution in [0.5, 0.6) is 11.5 Å². The molecule has 1 aliphatic rings. The third kappa shape index (κ3) is 6.89. The van der Waals surface area contributed by atoms with Gasteiger partial charge in [-0.15, -0.1) is 0 Å². The summed E-state index contributed by atoms with van der Waals surface area (Å²) in [6.45, 7) is 6.47. The molecule has 1 aliphatic heterocycles. The van der Waals surface area contributed by atoms with E-state index >= 15 is 0 Å². The molecule has 0 bridgehead atoms. The summed E-state index contributed by atoms with van der Waals surface area (Å²) in [5, 5.41) is 11.5. The maximum Gasteiger partial charge on any atom is 0.161 e. The van der Waals surface area contributed by atoms with Gasteiger partial charge in [-0.25, -0.2) is 0 Å². The molecule has 0 fully saturated rings. The standard InChI is InChI=1S/C34H37NO6/c1-2-26-5-6-28-7-8-29(30-10-9-27(3-1)33(26)34(28)30)24-35-23-25-4-11-31-32(22-25)41-21-19-39-17-15-37-13-12-36-14-16-38-18-20-40-31/h1-11,22,35H,12-21,23-24H2. The van der Waals surface area contributed by atoms with Gasteiger partial charge in [0.05, 0.1) is 52.9 Å². The normalized spacial score (nSPS) is 16.6. The predicted octanol–water partition coefficient (Wildman–Crippen LogP) is 5.71. The van der Waals surface area contributed by atoms with E-state index in [-0.39, 0.29) is 0 Å². The highest BCUT2D eigenvalue weighted by Gasteiger charge is 2.12. The van der Waals surface area contributed by atoms with Crippen LogP contribution in [0.15, 0.2) is 72.8 Å². The van der Waals surface area contributed by atoms with E-state index in [9.17, 15) is 0 Å². The van der Waals surface area contributed by atoms with Crippen molar-refractivity contribution in [1.29, 1.82) is 0 Å². The molecule has 7 heteroatoms. The monoisotopic (exact) mass is 555 g/mol. The van der Waals surface area contributed by atoms with Gasteiger partial charge in [0.25, 0.3) is 0 Å². The smallest absolute Gasteiger partial charge is 0.161 e. The first kappa shape index (κ1) is 27.7. The topological polar surface area (TPSA) is 67.4 Å². The van der Waals surface area contributed by atoms with E-state index in [0.717, 1.165) is 12.1 Å². The minimum absolute atomic E-state index is 0.426. The number of ether oxygens (including phenoxy) is 6. The molecule has 0 saturated carbocycles. The zero-order valence-corrected chi connectivity index (χ0v) is 23.4. The van der Waals surface area contributed by atoms with Gasteiger partial charge >= 0.3 is 0 Å². The van der Waals surface area contributed by atoms with Crippen molar-refractivity contribution in [2.45, 2.75) is 13.1 Å². The second-order valence-corrected chi connectivity index (χ2v) is 10.1. The number of fused-ring (bicyclic) bond motifs is 1. The van der Waals surface area contributed by atoms with Gasteiger partial charge in [-0.05, 0) is 55.6 Å². The molecule has 5 aromatic rings. The van der Waals surface area contributed by atoms with E-state index in [0.29, 0.717) is 84.1 Å². The van der Waals surface area contributed by atoms with Gasteiger partial charge in [0, 0.05) is 13.1 Å². The van der Waals surface area contributed by atoms with E-state index < -0.39 is 0 Å². The predicted molar refractivity (Wildman–Crippen MR) is 161 cm³/mol. The molecule has 6 rings (SSSR count). The highest BCUT2D eigenvalue weighted by atomic mass is 16.6. The summed E-state index contributed by atoms with van der Waals surface area (Å²) in [7, 11) is 0. The lowest BCUT2D eigenvalue weighted by atomic mass is 9.92. The Hall–Kier alpha value is -3.46. The van der Waals surface area contributed by atoms with E-state index in [1.807, 2.05) is 12.1 Å². The first-order valence-electron chi connectivity index (χ1n) is 14.4. The molecule has 1 N–H and O–H groups in total. The highest BCUT2D eigenvalue weighted by molar-refractivity contribution is 6.23. The Morgan fingerprint density at radius 3 is 1.73 bits per heavy atom. The van der Waals surface area contributed by atoms with Crippen LogP contribution >= 0.6 is 0 Å². The summed E-state index contributed by atoms with van der Waals surface area (Å²) in [5.74, 6) is 1.40. The number of benzene rings is 5. The fourth-order valence-corrected chi connectivity index (χ4v) is 5.37. The lowest BCUT2D eigenvalue weighted by Crippen LogP contribution is -2.16. The Kier molecular flexibility index (Phi) is 9.42. The number of hydrogen-bond donors (Lipinski definition) is 1. The van der Waals surface area contributed by atoms with Gasteiger partial charge in [0.2, 0.25) is 0 Å². The van der Waals surface area contributed by atoms with Crippen molar-refractivity contribution in [2.75, 3.05) is 66.1 Å². The highest BCUT2D eigenvalue weighted by Crippen LogP contribution is 2.36. The van der Waals surface area contributed by atoms with E-state index in [4.69, 9.17) is 28.4 Å². The van der Waals surface area contributed by atoms with Crippen molar-refractivity contribution in [1.82, 2.24) is 5.32 Å². The number of rotatable bonds is 4. The third-order valence-corrected chi connectivity index (χ3v) is 7.36. The molecular weight excluding hydrogens is 518 g/mol. The molecule has 0 amide bonds. The van der Waals surface area contributed by atoms with Crippen molar-refractivity contribution in [2.24, 2.45) is 0 Å². The fraction of sp³-hybridized carbons (Fsp3) is 0.353. The summed E-state index contributed by atoms with van der Waals surface area (Å²) in [6, 6.07) is 26.0. The van der Waals surface area contributed by atoms with Crippen LogP contribution in [-0.2, 0) is 32.0 Å². The Labute approximate surface area is 240 Å². The molecule has 1 heterocycles. The SMILES string of the molecule is c1cc2ccc3ccc(CNCc4ccc5c(c4)OCCOCCOCCOCCOCCO5)c4ccc(c1)c2c34. The molecule has 0 unspecified atom stereocenters. The Balaban J connectivity index is 1.12. The van der Waals surface area contributed by atoms with E-state index in [2.05, 4.69) is 66.0 Å². The van der Waals surface area contributed by atoms with Gasteiger partial charge in [0.1, 0.15) is 13.2 Å². The van der Waals surface area contributed by atoms with Crippen molar-refractivity contribution in [3.05, 3.63) is 83.9 Å². The summed E-state index contributed by atoms with van der Waals surface area (Å²) in [4.78, 5) is 0. The average Bonchev–Trinajstić information content (AvgIpc) is 3.00. The number of hydrogen-bond acceptors (Lipinski definition) is 7. The third-order valence-electron chi connectivity index (χ3n) is 7.36. The summed E-state index contributed by atoms with van der Waals surface area (Å²) in [5.41, 5.74) is 2.41. The van der Waals surface area contributed by atoms with Crippen LogP contribution < -0.4 is 14.8 Å². The molecule has 0 spiro atoms. The molecule has 0 aliphatic carbocycles. The molecule has 5 aromatic carbocycles. The molecular formula is C34H37NO6. The average molecular weight is 556 g/mol. The lowest BCUT2D eigenvalue weighted by molar-refractivity contribution is -0.00842. The second-order valence-electron chi connectivity index (χ2n) is 10.1. The number of nitrogens with one attached hydrogen (secondary N) is 1. The largest absolute Gasteiger partial charge is 0.487 e. The molecule has 0 aromatic heterocycles. The molecule has 41 heavy (non-hydrogen) atoms. The zero-order valence-electron chi connectivity index (χ0n) is 23.4. The van der Waals surface area contributed by atoms with Crippen molar-refractivity contribution >= 4 is 32.3 Å². The van der Waals surface area contributed by atoms with Crippen LogP contribution in [0.4, 0.5) is 0 Å². The maximum absolute atomic E-state index is 6.08. The van der Waals surface area contributed by atoms with Gasteiger partial charge in [-0.2, -0.15) is 0 Å². The first-order valence-corrected chi connectivity index (χ1v) is 14.4. The molecule has 0 radical (unpaired) electrons. The minimum atomic E-state index is 0.426. The molecule has 214 valence electrons. The Morgan fingerprint density at radius 2 is 1.05 bits per heavy atom. The quantitative estimate of drug-likeness (QED) is 0.285. The van der Waals surface area contributed by atoms with Crippen LogP contribution in [0, 0.1) is 0 Å². The Bertz CT molecular complexity index is 1540. The van der Waals surface area contributed by atoms with Crippen LogP contribution in [0.2, 0.25) is 0 Å². The molecule has 0 saturated heterocycles. The molecule has 0 atom stereocenters. The molecule has 7 nitrogen and oxygen atoms in total. The van der Waals surface area contributed by atoms with Crippen molar-refractivity contribution in [3.63, 3.8) is 0 Å². The van der Waals surface area contributed by atoms with Crippen LogP contribution in [0.3, 0.4) is 0 Å². The van der Waals surface area contributed by atoms with Crippen molar-refractivity contribution < 1.29 is 28.4 Å². The maximum atomic E-state index is 6.08. The second kappa shape index (κ2) is 13.9. The first-order chi connectivity index (χ1) is 20.4. The van der Waals surface area contributed by atoms with Gasteiger partial charge in [-0.1, -0.05) is 60.7 Å². The fourth-order valence-electron chi connectivity index (χ4n) is 5.37. The van der Waals surface area contributed by atoms with E-state index in [1.165, 1.54) is 37.9 Å². The zero-order chi connectivity index (χ0) is 27.7. The van der Waals surface area contributed by atoms with Crippen molar-refractivity contribution in [3.8, 4) is 11.5 Å². The minimum Gasteiger partial charge on any atom is -0.487 e. The lowest BCUT2D eigenvalue weighted by Gasteiger charge is -2.16. The Morgan fingerprint density at radius 1 is 0.488 bits per heavy atom. The van der Waals surface area contributed by atoms with Gasteiger partial charge in [-0.3, -0.25) is 0 Å². The van der Waals surface area contributed by atoms with E-state index in [1.54, 1.807) is 0 Å². The summed E-state index contributed by atoms with van der Waals surface area (Å²) < 4.78 is 34.4. The van der Waals surface area contributed by atoms with Crippen LogP contribution in [-0.4, -0.2) is 66.1 Å².